The van der Waals surface area contributed by atoms with Crippen LogP contribution in [0.15, 0.2) is 35.7 Å². The van der Waals surface area contributed by atoms with Gasteiger partial charge in [-0.15, -0.1) is 11.3 Å². The number of amides is 4. The third-order valence-corrected chi connectivity index (χ3v) is 7.13. The summed E-state index contributed by atoms with van der Waals surface area (Å²) < 4.78 is 0. The van der Waals surface area contributed by atoms with E-state index in [9.17, 15) is 14.4 Å². The first kappa shape index (κ1) is 24.2. The summed E-state index contributed by atoms with van der Waals surface area (Å²) in [5, 5.41) is 8.24. The molecule has 1 aromatic carbocycles. The predicted molar refractivity (Wildman–Crippen MR) is 132 cm³/mol. The molecule has 2 fully saturated rings. The number of urea groups is 1. The number of piperidine rings is 1. The van der Waals surface area contributed by atoms with Gasteiger partial charge in [-0.1, -0.05) is 30.3 Å². The highest BCUT2D eigenvalue weighted by atomic mass is 32.1. The van der Waals surface area contributed by atoms with E-state index in [1.165, 1.54) is 23.8 Å². The molecule has 9 nitrogen and oxygen atoms in total. The number of carbonyl (C=O) groups is 3. The van der Waals surface area contributed by atoms with Crippen molar-refractivity contribution in [3.8, 4) is 0 Å². The molecule has 3 heterocycles. The normalized spacial score (nSPS) is 17.4. The van der Waals surface area contributed by atoms with Crippen molar-refractivity contribution >= 4 is 34.3 Å². The van der Waals surface area contributed by atoms with Gasteiger partial charge < -0.3 is 15.1 Å². The molecule has 0 bridgehead atoms. The second-order valence-corrected chi connectivity index (χ2v) is 9.71. The molecule has 10 heteroatoms. The number of carbonyl (C=O) groups excluding carboxylic acids is 3. The minimum atomic E-state index is -0.226. The Morgan fingerprint density at radius 3 is 2.35 bits per heavy atom. The molecule has 0 atom stereocenters. The maximum atomic E-state index is 12.5. The first-order valence-corrected chi connectivity index (χ1v) is 12.7. The Balaban J connectivity index is 1.17. The minimum absolute atomic E-state index is 0.0284. The van der Waals surface area contributed by atoms with Crippen LogP contribution in [0.2, 0.25) is 0 Å². The molecule has 2 aliphatic heterocycles. The third kappa shape index (κ3) is 6.77. The Kier molecular flexibility index (Phi) is 8.12. The van der Waals surface area contributed by atoms with Gasteiger partial charge in [-0.2, -0.15) is 0 Å². The lowest BCUT2D eigenvalue weighted by Crippen LogP contribution is -2.51. The Morgan fingerprint density at radius 2 is 1.68 bits per heavy atom. The second-order valence-electron chi connectivity index (χ2n) is 8.85. The number of nitrogens with zero attached hydrogens (tertiary/aromatic N) is 4. The number of benzene rings is 1. The average molecular weight is 485 g/mol. The van der Waals surface area contributed by atoms with Gasteiger partial charge in [0.25, 0.3) is 0 Å². The molecule has 0 unspecified atom stereocenters. The molecule has 0 spiro atoms. The Hall–Kier alpha value is -2.98. The molecule has 4 amide bonds. The molecule has 2 N–H and O–H groups in total. The summed E-state index contributed by atoms with van der Waals surface area (Å²) in [4.78, 5) is 46.7. The fourth-order valence-electron chi connectivity index (χ4n) is 4.36. The number of hydrogen-bond donors (Lipinski definition) is 2. The number of piperazine rings is 1. The van der Waals surface area contributed by atoms with Crippen LogP contribution in [-0.4, -0.2) is 82.8 Å². The van der Waals surface area contributed by atoms with Crippen molar-refractivity contribution in [2.24, 2.45) is 0 Å². The molecule has 1 aromatic heterocycles. The fourth-order valence-corrected chi connectivity index (χ4v) is 5.06. The number of anilines is 1. The second kappa shape index (κ2) is 11.4. The number of rotatable bonds is 6. The van der Waals surface area contributed by atoms with Gasteiger partial charge >= 0.3 is 6.03 Å². The van der Waals surface area contributed by atoms with Gasteiger partial charge in [-0.05, 0) is 18.4 Å². The van der Waals surface area contributed by atoms with Gasteiger partial charge in [0.1, 0.15) is 0 Å². The van der Waals surface area contributed by atoms with Gasteiger partial charge in [0.05, 0.1) is 12.1 Å². The van der Waals surface area contributed by atoms with Crippen molar-refractivity contribution < 1.29 is 14.4 Å². The summed E-state index contributed by atoms with van der Waals surface area (Å²) in [5.74, 6) is -0.00863. The van der Waals surface area contributed by atoms with E-state index in [0.717, 1.165) is 32.5 Å². The Labute approximate surface area is 204 Å². The zero-order valence-corrected chi connectivity index (χ0v) is 20.4. The first-order chi connectivity index (χ1) is 16.5. The molecule has 4 rings (SSSR count). The van der Waals surface area contributed by atoms with Gasteiger partial charge in [0.15, 0.2) is 5.13 Å². The fraction of sp³-hybridized carbons (Fsp3) is 0.500. The molecule has 182 valence electrons. The van der Waals surface area contributed by atoms with Crippen molar-refractivity contribution in [3.05, 3.63) is 47.0 Å². The smallest absolute Gasteiger partial charge is 0.323 e. The topological polar surface area (TPSA) is 97.9 Å². The van der Waals surface area contributed by atoms with Crippen molar-refractivity contribution in [2.45, 2.75) is 38.8 Å². The molecular weight excluding hydrogens is 452 g/mol. The summed E-state index contributed by atoms with van der Waals surface area (Å²) in [6, 6.07) is 10.4. The van der Waals surface area contributed by atoms with Crippen LogP contribution in [0, 0.1) is 0 Å². The van der Waals surface area contributed by atoms with Crippen LogP contribution in [0.3, 0.4) is 0 Å². The van der Waals surface area contributed by atoms with Crippen molar-refractivity contribution in [1.82, 2.24) is 25.0 Å². The zero-order chi connectivity index (χ0) is 23.9. The van der Waals surface area contributed by atoms with E-state index in [4.69, 9.17) is 0 Å². The summed E-state index contributed by atoms with van der Waals surface area (Å²) in [6.07, 6.45) is 2.08. The first-order valence-electron chi connectivity index (χ1n) is 11.8. The predicted octanol–water partition coefficient (Wildman–Crippen LogP) is 2.16. The highest BCUT2D eigenvalue weighted by Crippen LogP contribution is 2.18. The maximum Gasteiger partial charge on any atom is 0.323 e. The van der Waals surface area contributed by atoms with E-state index < -0.39 is 0 Å². The van der Waals surface area contributed by atoms with Gasteiger partial charge in [0, 0.05) is 64.2 Å². The lowest BCUT2D eigenvalue weighted by molar-refractivity contribution is -0.130. The number of nitrogens with one attached hydrogen (secondary N) is 2. The molecular formula is C24H32N6O3S. The SMILES string of the molecule is CC(=O)N1CCN(C(=O)Nc2nc(CC(=O)NC3CCN(Cc4ccccc4)CC3)cs2)CC1. The van der Waals surface area contributed by atoms with Crippen molar-refractivity contribution in [3.63, 3.8) is 0 Å². The molecule has 2 aromatic rings. The number of thiazole rings is 1. The highest BCUT2D eigenvalue weighted by molar-refractivity contribution is 7.13. The van der Waals surface area contributed by atoms with E-state index in [1.807, 2.05) is 11.4 Å². The van der Waals surface area contributed by atoms with Crippen LogP contribution in [0.25, 0.3) is 0 Å². The monoisotopic (exact) mass is 484 g/mol. The Bertz CT molecular complexity index is 982. The summed E-state index contributed by atoms with van der Waals surface area (Å²) in [7, 11) is 0. The summed E-state index contributed by atoms with van der Waals surface area (Å²) in [6.45, 7) is 6.49. The maximum absolute atomic E-state index is 12.5. The Morgan fingerprint density at radius 1 is 1.00 bits per heavy atom. The third-order valence-electron chi connectivity index (χ3n) is 6.32. The lowest BCUT2D eigenvalue weighted by Gasteiger charge is -2.33. The standard InChI is InChI=1S/C24H32N6O3S/c1-18(31)29-11-13-30(14-12-29)24(33)27-23-26-21(17-34-23)15-22(32)25-20-7-9-28(10-8-20)16-19-5-3-2-4-6-19/h2-6,17,20H,7-16H2,1H3,(H,25,32)(H,26,27,33). The number of aromatic nitrogens is 1. The largest absolute Gasteiger partial charge is 0.353 e. The minimum Gasteiger partial charge on any atom is -0.353 e. The van der Waals surface area contributed by atoms with Crippen LogP contribution >= 0.6 is 11.3 Å². The molecule has 34 heavy (non-hydrogen) atoms. The van der Waals surface area contributed by atoms with Gasteiger partial charge in [0.2, 0.25) is 11.8 Å². The van der Waals surface area contributed by atoms with Crippen LogP contribution in [0.5, 0.6) is 0 Å². The van der Waals surface area contributed by atoms with E-state index in [1.54, 1.807) is 9.80 Å². The molecule has 2 saturated heterocycles. The summed E-state index contributed by atoms with van der Waals surface area (Å²) >= 11 is 1.32. The molecule has 0 radical (unpaired) electrons. The van der Waals surface area contributed by atoms with Crippen LogP contribution in [-0.2, 0) is 22.6 Å². The lowest BCUT2D eigenvalue weighted by atomic mass is 10.0. The molecule has 0 saturated carbocycles. The van der Waals surface area contributed by atoms with Crippen molar-refractivity contribution in [2.75, 3.05) is 44.6 Å². The van der Waals surface area contributed by atoms with Crippen LogP contribution in [0.1, 0.15) is 31.0 Å². The zero-order valence-electron chi connectivity index (χ0n) is 19.5. The average Bonchev–Trinajstić information content (AvgIpc) is 3.27. The highest BCUT2D eigenvalue weighted by Gasteiger charge is 2.24. The van der Waals surface area contributed by atoms with Crippen LogP contribution in [0.4, 0.5) is 9.93 Å². The van der Waals surface area contributed by atoms with Crippen molar-refractivity contribution in [1.29, 1.82) is 0 Å². The number of likely N-dealkylation sites (tertiary alicyclic amines) is 1. The van der Waals surface area contributed by atoms with E-state index in [-0.39, 0.29) is 30.3 Å². The quantitative estimate of drug-likeness (QED) is 0.655. The molecule has 0 aliphatic carbocycles. The van der Waals surface area contributed by atoms with E-state index in [0.29, 0.717) is 37.0 Å². The van der Waals surface area contributed by atoms with E-state index >= 15 is 0 Å². The van der Waals surface area contributed by atoms with Crippen LogP contribution < -0.4 is 10.6 Å². The van der Waals surface area contributed by atoms with Gasteiger partial charge in [-0.3, -0.25) is 19.8 Å². The number of hydrogen-bond acceptors (Lipinski definition) is 6. The molecule has 2 aliphatic rings. The summed E-state index contributed by atoms with van der Waals surface area (Å²) in [5.41, 5.74) is 1.97. The van der Waals surface area contributed by atoms with Gasteiger partial charge in [-0.25, -0.2) is 9.78 Å². The van der Waals surface area contributed by atoms with E-state index in [2.05, 4.69) is 44.8 Å².